The highest BCUT2D eigenvalue weighted by Crippen LogP contribution is 2.53. The van der Waals surface area contributed by atoms with Crippen LogP contribution in [0.25, 0.3) is 6.08 Å². The molecule has 174 valence electrons. The summed E-state index contributed by atoms with van der Waals surface area (Å²) in [4.78, 5) is 44.7. The summed E-state index contributed by atoms with van der Waals surface area (Å²) in [6.45, 7) is 0.172. The summed E-state index contributed by atoms with van der Waals surface area (Å²) in [5.74, 6) is -1.30. The van der Waals surface area contributed by atoms with Crippen LogP contribution < -0.4 is 4.74 Å². The van der Waals surface area contributed by atoms with Crippen molar-refractivity contribution in [3.05, 3.63) is 107 Å². The Labute approximate surface area is 203 Å². The summed E-state index contributed by atoms with van der Waals surface area (Å²) in [6.07, 6.45) is 3.84. The van der Waals surface area contributed by atoms with Gasteiger partial charge < -0.3 is 9.64 Å². The van der Waals surface area contributed by atoms with Crippen molar-refractivity contribution in [1.29, 1.82) is 0 Å². The van der Waals surface area contributed by atoms with Gasteiger partial charge in [-0.3, -0.25) is 19.3 Å². The average Bonchev–Trinajstić information content (AvgIpc) is 3.37. The molecule has 3 aliphatic heterocycles. The lowest BCUT2D eigenvalue weighted by atomic mass is 9.83. The Kier molecular flexibility index (Phi) is 5.02. The van der Waals surface area contributed by atoms with E-state index in [0.717, 1.165) is 16.7 Å². The van der Waals surface area contributed by atoms with Gasteiger partial charge in [-0.2, -0.15) is 0 Å². The lowest BCUT2D eigenvalue weighted by molar-refractivity contribution is -0.142. The Balaban J connectivity index is 1.42. The van der Waals surface area contributed by atoms with Crippen molar-refractivity contribution in [3.63, 3.8) is 0 Å². The predicted molar refractivity (Wildman–Crippen MR) is 130 cm³/mol. The van der Waals surface area contributed by atoms with E-state index in [0.29, 0.717) is 11.3 Å². The van der Waals surface area contributed by atoms with Crippen molar-refractivity contribution in [2.24, 2.45) is 11.8 Å². The first-order valence-corrected chi connectivity index (χ1v) is 11.7. The van der Waals surface area contributed by atoms with Gasteiger partial charge in [0.25, 0.3) is 0 Å². The smallest absolute Gasteiger partial charge is 0.236 e. The fourth-order valence-electron chi connectivity index (χ4n) is 5.76. The first-order valence-electron chi connectivity index (χ1n) is 11.7. The molecule has 3 heterocycles. The number of hydrogen-bond donors (Lipinski definition) is 0. The Morgan fingerprint density at radius 3 is 2.29 bits per heavy atom. The number of ether oxygens (including phenoxy) is 1. The van der Waals surface area contributed by atoms with E-state index in [1.165, 1.54) is 4.90 Å². The van der Waals surface area contributed by atoms with E-state index in [4.69, 9.17) is 4.74 Å². The molecule has 0 saturated carbocycles. The van der Waals surface area contributed by atoms with Gasteiger partial charge in [-0.05, 0) is 34.9 Å². The molecule has 0 aromatic heterocycles. The standard InChI is InChI=1S/C29H24N2O4/c1-35-21-13-11-18(12-14-21)17-31-28(33)23-24(29(31)34)26(27(32)20-8-3-2-4-9-20)30-16-15-19-7-5-6-10-22(19)25(23)30/h2-16,23-26H,17H2,1H3/t23-,24+,25?,26-/m1/s1. The Morgan fingerprint density at radius 1 is 0.857 bits per heavy atom. The highest BCUT2D eigenvalue weighted by molar-refractivity contribution is 6.12. The molecule has 3 aromatic rings. The number of carbonyl (C=O) groups excluding carboxylic acids is 3. The Hall–Kier alpha value is -4.19. The summed E-state index contributed by atoms with van der Waals surface area (Å²) >= 11 is 0. The van der Waals surface area contributed by atoms with Crippen LogP contribution in [0.3, 0.4) is 0 Å². The van der Waals surface area contributed by atoms with Gasteiger partial charge in [0, 0.05) is 11.8 Å². The van der Waals surface area contributed by atoms with Crippen molar-refractivity contribution in [2.45, 2.75) is 18.6 Å². The number of Topliss-reactive ketones (excluding diaryl/α,β-unsaturated/α-hetero) is 1. The van der Waals surface area contributed by atoms with Crippen LogP contribution in [0, 0.1) is 11.8 Å². The lowest BCUT2D eigenvalue weighted by Crippen LogP contribution is -2.44. The van der Waals surface area contributed by atoms with E-state index in [9.17, 15) is 14.4 Å². The molecule has 2 fully saturated rings. The lowest BCUT2D eigenvalue weighted by Gasteiger charge is -2.35. The highest BCUT2D eigenvalue weighted by atomic mass is 16.5. The summed E-state index contributed by atoms with van der Waals surface area (Å²) in [5, 5.41) is 0. The van der Waals surface area contributed by atoms with Crippen LogP contribution in [0.1, 0.15) is 33.1 Å². The molecule has 3 aromatic carbocycles. The van der Waals surface area contributed by atoms with Crippen LogP contribution in [0.5, 0.6) is 5.75 Å². The van der Waals surface area contributed by atoms with E-state index in [2.05, 4.69) is 0 Å². The summed E-state index contributed by atoms with van der Waals surface area (Å²) in [6, 6.07) is 23.1. The maximum atomic E-state index is 13.8. The van der Waals surface area contributed by atoms with Gasteiger partial charge in [-0.15, -0.1) is 0 Å². The minimum atomic E-state index is -0.741. The number of amides is 2. The number of ketones is 1. The molecule has 4 atom stereocenters. The molecule has 2 saturated heterocycles. The summed E-state index contributed by atoms with van der Waals surface area (Å²) < 4.78 is 5.22. The van der Waals surface area contributed by atoms with E-state index in [1.54, 1.807) is 19.2 Å². The number of methoxy groups -OCH3 is 1. The van der Waals surface area contributed by atoms with E-state index in [1.807, 2.05) is 83.9 Å². The molecule has 2 amide bonds. The molecule has 6 heteroatoms. The van der Waals surface area contributed by atoms with Crippen molar-refractivity contribution in [1.82, 2.24) is 9.80 Å². The number of likely N-dealkylation sites (tertiary alicyclic amines) is 1. The third kappa shape index (κ3) is 3.28. The number of benzene rings is 3. The SMILES string of the molecule is COc1ccc(CN2C(=O)[C@H]3[C@@H](C2=O)C2c4ccccc4C=CN2[C@H]3C(=O)c2ccccc2)cc1. The Bertz CT molecular complexity index is 1350. The minimum Gasteiger partial charge on any atom is -0.497 e. The molecular weight excluding hydrogens is 440 g/mol. The fraction of sp³-hybridized carbons (Fsp3) is 0.207. The Morgan fingerprint density at radius 2 is 1.54 bits per heavy atom. The quantitative estimate of drug-likeness (QED) is 0.420. The molecule has 0 spiro atoms. The highest BCUT2D eigenvalue weighted by Gasteiger charge is 2.64. The van der Waals surface area contributed by atoms with Gasteiger partial charge in [-0.25, -0.2) is 0 Å². The van der Waals surface area contributed by atoms with Crippen molar-refractivity contribution in [3.8, 4) is 5.75 Å². The predicted octanol–water partition coefficient (Wildman–Crippen LogP) is 4.09. The van der Waals surface area contributed by atoms with Crippen LogP contribution in [-0.2, 0) is 16.1 Å². The number of nitrogens with zero attached hydrogens (tertiary/aromatic N) is 2. The number of hydrogen-bond acceptors (Lipinski definition) is 5. The zero-order valence-corrected chi connectivity index (χ0v) is 19.2. The molecule has 6 rings (SSSR count). The summed E-state index contributed by atoms with van der Waals surface area (Å²) in [5.41, 5.74) is 3.35. The van der Waals surface area contributed by atoms with E-state index >= 15 is 0 Å². The molecule has 0 radical (unpaired) electrons. The molecule has 0 bridgehead atoms. The molecule has 3 aliphatic rings. The van der Waals surface area contributed by atoms with E-state index < -0.39 is 17.9 Å². The van der Waals surface area contributed by atoms with Crippen LogP contribution in [0.4, 0.5) is 0 Å². The van der Waals surface area contributed by atoms with Crippen LogP contribution in [-0.4, -0.2) is 40.5 Å². The molecule has 0 aliphatic carbocycles. The topological polar surface area (TPSA) is 66.9 Å². The molecule has 1 unspecified atom stereocenters. The zero-order valence-electron chi connectivity index (χ0n) is 19.2. The number of carbonyl (C=O) groups is 3. The number of fused-ring (bicyclic) bond motifs is 5. The van der Waals surface area contributed by atoms with Gasteiger partial charge in [0.15, 0.2) is 5.78 Å². The maximum absolute atomic E-state index is 13.8. The van der Waals surface area contributed by atoms with Crippen molar-refractivity contribution >= 4 is 23.7 Å². The van der Waals surface area contributed by atoms with Crippen molar-refractivity contribution < 1.29 is 19.1 Å². The third-order valence-electron chi connectivity index (χ3n) is 7.38. The zero-order chi connectivity index (χ0) is 24.1. The monoisotopic (exact) mass is 464 g/mol. The molecule has 35 heavy (non-hydrogen) atoms. The largest absolute Gasteiger partial charge is 0.497 e. The number of imide groups is 1. The fourth-order valence-corrected chi connectivity index (χ4v) is 5.76. The van der Waals surface area contributed by atoms with E-state index in [-0.39, 0.29) is 30.2 Å². The van der Waals surface area contributed by atoms with Gasteiger partial charge >= 0.3 is 0 Å². The normalized spacial score (nSPS) is 24.3. The summed E-state index contributed by atoms with van der Waals surface area (Å²) in [7, 11) is 1.59. The third-order valence-corrected chi connectivity index (χ3v) is 7.38. The maximum Gasteiger partial charge on any atom is 0.236 e. The van der Waals surface area contributed by atoms with Gasteiger partial charge in [0.05, 0.1) is 31.5 Å². The minimum absolute atomic E-state index is 0.139. The molecular formula is C29H24N2O4. The van der Waals surface area contributed by atoms with Crippen LogP contribution in [0.2, 0.25) is 0 Å². The van der Waals surface area contributed by atoms with Gasteiger partial charge in [0.1, 0.15) is 11.8 Å². The second-order valence-corrected chi connectivity index (χ2v) is 9.17. The van der Waals surface area contributed by atoms with Crippen LogP contribution in [0.15, 0.2) is 85.1 Å². The van der Waals surface area contributed by atoms with Crippen molar-refractivity contribution in [2.75, 3.05) is 7.11 Å². The second-order valence-electron chi connectivity index (χ2n) is 9.17. The average molecular weight is 465 g/mol. The van der Waals surface area contributed by atoms with Gasteiger partial charge in [-0.1, -0.05) is 66.7 Å². The molecule has 6 nitrogen and oxygen atoms in total. The second kappa shape index (κ2) is 8.24. The molecule has 0 N–H and O–H groups in total. The number of rotatable bonds is 5. The van der Waals surface area contributed by atoms with Gasteiger partial charge in [0.2, 0.25) is 11.8 Å². The first kappa shape index (κ1) is 21.4. The first-order chi connectivity index (χ1) is 17.1. The van der Waals surface area contributed by atoms with Crippen LogP contribution >= 0.6 is 0 Å².